The van der Waals surface area contributed by atoms with Gasteiger partial charge in [0.15, 0.2) is 5.13 Å². The standard InChI is InChI=1S/C19H25N3O3S/c1-11-7-12(2)16(13(3)8-11)21-15(23)9-14-10-26-17(20-14)22-18(24)25-19(4,5)6/h7-8,10H,9H2,1-6H3,(H,21,23)(H,20,22,24). The number of aromatic nitrogens is 1. The quantitative estimate of drug-likeness (QED) is 0.818. The fourth-order valence-electron chi connectivity index (χ4n) is 2.56. The van der Waals surface area contributed by atoms with E-state index in [1.165, 1.54) is 11.3 Å². The zero-order valence-corrected chi connectivity index (χ0v) is 16.8. The Labute approximate surface area is 158 Å². The van der Waals surface area contributed by atoms with Crippen LogP contribution in [-0.2, 0) is 16.0 Å². The van der Waals surface area contributed by atoms with Crippen LogP contribution >= 0.6 is 11.3 Å². The first-order valence-electron chi connectivity index (χ1n) is 8.35. The molecule has 0 saturated heterocycles. The van der Waals surface area contributed by atoms with Gasteiger partial charge >= 0.3 is 6.09 Å². The maximum atomic E-state index is 12.3. The molecule has 7 heteroatoms. The molecule has 1 aromatic carbocycles. The van der Waals surface area contributed by atoms with Crippen LogP contribution in [0.2, 0.25) is 0 Å². The van der Waals surface area contributed by atoms with Gasteiger partial charge in [-0.15, -0.1) is 11.3 Å². The molecule has 0 radical (unpaired) electrons. The van der Waals surface area contributed by atoms with Crippen molar-refractivity contribution in [1.82, 2.24) is 4.98 Å². The normalized spacial score (nSPS) is 11.2. The Hall–Kier alpha value is -2.41. The molecule has 140 valence electrons. The van der Waals surface area contributed by atoms with E-state index in [4.69, 9.17) is 4.74 Å². The Morgan fingerprint density at radius 2 is 1.73 bits per heavy atom. The van der Waals surface area contributed by atoms with Gasteiger partial charge in [0.1, 0.15) is 5.60 Å². The molecule has 2 rings (SSSR count). The highest BCUT2D eigenvalue weighted by Gasteiger charge is 2.18. The first-order valence-corrected chi connectivity index (χ1v) is 9.23. The van der Waals surface area contributed by atoms with Crippen molar-refractivity contribution in [2.75, 3.05) is 10.6 Å². The van der Waals surface area contributed by atoms with Crippen LogP contribution in [0.4, 0.5) is 15.6 Å². The number of anilines is 2. The zero-order valence-electron chi connectivity index (χ0n) is 16.0. The Kier molecular flexibility index (Phi) is 6.02. The Morgan fingerprint density at radius 3 is 2.31 bits per heavy atom. The van der Waals surface area contributed by atoms with Crippen molar-refractivity contribution in [3.05, 3.63) is 39.9 Å². The number of thiazole rings is 1. The van der Waals surface area contributed by atoms with E-state index in [0.29, 0.717) is 10.8 Å². The summed E-state index contributed by atoms with van der Waals surface area (Å²) in [4.78, 5) is 28.4. The van der Waals surface area contributed by atoms with Crippen LogP contribution in [0, 0.1) is 20.8 Å². The number of benzene rings is 1. The first kappa shape index (κ1) is 19.9. The molecule has 1 heterocycles. The number of nitrogens with zero attached hydrogens (tertiary/aromatic N) is 1. The molecule has 26 heavy (non-hydrogen) atoms. The van der Waals surface area contributed by atoms with Crippen molar-refractivity contribution < 1.29 is 14.3 Å². The van der Waals surface area contributed by atoms with E-state index < -0.39 is 11.7 Å². The lowest BCUT2D eigenvalue weighted by Crippen LogP contribution is -2.27. The number of hydrogen-bond donors (Lipinski definition) is 2. The van der Waals surface area contributed by atoms with E-state index in [0.717, 1.165) is 22.4 Å². The zero-order chi connectivity index (χ0) is 19.5. The predicted molar refractivity (Wildman–Crippen MR) is 105 cm³/mol. The van der Waals surface area contributed by atoms with E-state index in [1.807, 2.05) is 32.9 Å². The minimum Gasteiger partial charge on any atom is -0.444 e. The summed E-state index contributed by atoms with van der Waals surface area (Å²) in [7, 11) is 0. The maximum absolute atomic E-state index is 12.3. The molecule has 0 unspecified atom stereocenters. The molecule has 0 bridgehead atoms. The fourth-order valence-corrected chi connectivity index (χ4v) is 3.26. The van der Waals surface area contributed by atoms with Gasteiger partial charge in [-0.25, -0.2) is 9.78 Å². The van der Waals surface area contributed by atoms with Gasteiger partial charge in [-0.05, 0) is 52.7 Å². The molecular weight excluding hydrogens is 350 g/mol. The Balaban J connectivity index is 1.97. The van der Waals surface area contributed by atoms with E-state index in [2.05, 4.69) is 15.6 Å². The van der Waals surface area contributed by atoms with Crippen LogP contribution in [0.5, 0.6) is 0 Å². The lowest BCUT2D eigenvalue weighted by molar-refractivity contribution is -0.115. The molecule has 0 atom stereocenters. The maximum Gasteiger partial charge on any atom is 0.413 e. The van der Waals surface area contributed by atoms with Crippen molar-refractivity contribution in [3.8, 4) is 0 Å². The van der Waals surface area contributed by atoms with E-state index in [-0.39, 0.29) is 12.3 Å². The number of nitrogens with one attached hydrogen (secondary N) is 2. The number of amides is 2. The summed E-state index contributed by atoms with van der Waals surface area (Å²) in [5, 5.41) is 7.69. The third-order valence-corrected chi connectivity index (χ3v) is 4.25. The molecule has 2 amide bonds. The molecule has 2 N–H and O–H groups in total. The van der Waals surface area contributed by atoms with E-state index >= 15 is 0 Å². The van der Waals surface area contributed by atoms with Gasteiger partial charge in [0.05, 0.1) is 12.1 Å². The van der Waals surface area contributed by atoms with Crippen molar-refractivity contribution in [2.24, 2.45) is 0 Å². The molecule has 0 spiro atoms. The smallest absolute Gasteiger partial charge is 0.413 e. The van der Waals surface area contributed by atoms with Crippen molar-refractivity contribution >= 4 is 34.2 Å². The summed E-state index contributed by atoms with van der Waals surface area (Å²) in [6.07, 6.45) is -0.423. The van der Waals surface area contributed by atoms with Gasteiger partial charge < -0.3 is 10.1 Å². The van der Waals surface area contributed by atoms with Crippen molar-refractivity contribution in [2.45, 2.75) is 53.6 Å². The van der Waals surface area contributed by atoms with E-state index in [1.54, 1.807) is 26.2 Å². The highest BCUT2D eigenvalue weighted by atomic mass is 32.1. The third-order valence-electron chi connectivity index (χ3n) is 3.44. The minimum absolute atomic E-state index is 0.138. The van der Waals surface area contributed by atoms with E-state index in [9.17, 15) is 9.59 Å². The predicted octanol–water partition coefficient (Wildman–Crippen LogP) is 4.60. The van der Waals surface area contributed by atoms with Crippen LogP contribution in [0.25, 0.3) is 0 Å². The van der Waals surface area contributed by atoms with Crippen LogP contribution in [-0.4, -0.2) is 22.6 Å². The molecule has 0 saturated carbocycles. The molecule has 0 aliphatic rings. The number of aryl methyl sites for hydroxylation is 3. The first-order chi connectivity index (χ1) is 12.0. The highest BCUT2D eigenvalue weighted by molar-refractivity contribution is 7.13. The van der Waals surface area contributed by atoms with Crippen molar-refractivity contribution in [3.63, 3.8) is 0 Å². The number of carbonyl (C=O) groups is 2. The number of hydrogen-bond acceptors (Lipinski definition) is 5. The topological polar surface area (TPSA) is 80.3 Å². The molecule has 6 nitrogen and oxygen atoms in total. The molecule has 0 aliphatic heterocycles. The highest BCUT2D eigenvalue weighted by Crippen LogP contribution is 2.23. The summed E-state index contributed by atoms with van der Waals surface area (Å²) >= 11 is 1.26. The van der Waals surface area contributed by atoms with Crippen LogP contribution in [0.15, 0.2) is 17.5 Å². The molecule has 0 aliphatic carbocycles. The average Bonchev–Trinajstić information content (AvgIpc) is 2.87. The minimum atomic E-state index is -0.576. The SMILES string of the molecule is Cc1cc(C)c(NC(=O)Cc2csc(NC(=O)OC(C)(C)C)n2)c(C)c1. The van der Waals surface area contributed by atoms with Gasteiger partial charge in [-0.3, -0.25) is 10.1 Å². The summed E-state index contributed by atoms with van der Waals surface area (Å²) in [5.74, 6) is -0.144. The second kappa shape index (κ2) is 7.86. The van der Waals surface area contributed by atoms with Gasteiger partial charge in [0, 0.05) is 11.1 Å². The average molecular weight is 375 g/mol. The summed E-state index contributed by atoms with van der Waals surface area (Å²) in [6.45, 7) is 11.3. The summed E-state index contributed by atoms with van der Waals surface area (Å²) < 4.78 is 5.18. The third kappa shape index (κ3) is 5.84. The van der Waals surface area contributed by atoms with Gasteiger partial charge in [0.25, 0.3) is 0 Å². The Bertz CT molecular complexity index is 799. The lowest BCUT2D eigenvalue weighted by atomic mass is 10.0. The van der Waals surface area contributed by atoms with Gasteiger partial charge in [-0.1, -0.05) is 17.7 Å². The monoisotopic (exact) mass is 375 g/mol. The number of ether oxygens (including phenoxy) is 1. The molecule has 1 aromatic heterocycles. The summed E-state index contributed by atoms with van der Waals surface area (Å²) in [5.41, 5.74) is 4.08. The van der Waals surface area contributed by atoms with Crippen LogP contribution < -0.4 is 10.6 Å². The second-order valence-electron chi connectivity index (χ2n) is 7.27. The van der Waals surface area contributed by atoms with Crippen molar-refractivity contribution in [1.29, 1.82) is 0 Å². The second-order valence-corrected chi connectivity index (χ2v) is 8.13. The number of carbonyl (C=O) groups excluding carboxylic acids is 2. The summed E-state index contributed by atoms with van der Waals surface area (Å²) in [6, 6.07) is 4.07. The Morgan fingerprint density at radius 1 is 1.12 bits per heavy atom. The number of rotatable bonds is 4. The molecule has 0 fully saturated rings. The molecular formula is C19H25N3O3S. The van der Waals surface area contributed by atoms with Crippen LogP contribution in [0.3, 0.4) is 0 Å². The van der Waals surface area contributed by atoms with Gasteiger partial charge in [-0.2, -0.15) is 0 Å². The molecule has 2 aromatic rings. The lowest BCUT2D eigenvalue weighted by Gasteiger charge is -2.18. The van der Waals surface area contributed by atoms with Crippen LogP contribution in [0.1, 0.15) is 43.2 Å². The van der Waals surface area contributed by atoms with Gasteiger partial charge in [0.2, 0.25) is 5.91 Å². The fraction of sp³-hybridized carbons (Fsp3) is 0.421. The largest absolute Gasteiger partial charge is 0.444 e.